The summed E-state index contributed by atoms with van der Waals surface area (Å²) >= 11 is 0. The molecule has 146 valence electrons. The number of esters is 1. The Labute approximate surface area is 160 Å². The van der Waals surface area contributed by atoms with E-state index in [0.29, 0.717) is 11.3 Å². The number of hydrogen-bond acceptors (Lipinski definition) is 5. The molecular formula is C19H18FN3O5. The molecule has 0 aliphatic carbocycles. The molecule has 28 heavy (non-hydrogen) atoms. The second-order valence-corrected chi connectivity index (χ2v) is 5.56. The lowest BCUT2D eigenvalue weighted by molar-refractivity contribution is -0.146. The summed E-state index contributed by atoms with van der Waals surface area (Å²) in [5.41, 5.74) is 0.778. The fraction of sp³-hybridized carbons (Fsp3) is 0.158. The van der Waals surface area contributed by atoms with Crippen molar-refractivity contribution in [2.24, 2.45) is 0 Å². The number of carbonyl (C=O) groups excluding carboxylic acids is 4. The zero-order valence-electron chi connectivity index (χ0n) is 15.0. The van der Waals surface area contributed by atoms with Crippen LogP contribution in [0.5, 0.6) is 0 Å². The summed E-state index contributed by atoms with van der Waals surface area (Å²) in [7, 11) is 1.49. The number of nitrogens with one attached hydrogen (secondary N) is 3. The van der Waals surface area contributed by atoms with Crippen LogP contribution in [-0.2, 0) is 14.3 Å². The van der Waals surface area contributed by atoms with Gasteiger partial charge in [-0.15, -0.1) is 0 Å². The maximum absolute atomic E-state index is 13.1. The lowest BCUT2D eigenvalue weighted by Crippen LogP contribution is -2.32. The third-order valence-electron chi connectivity index (χ3n) is 3.48. The Morgan fingerprint density at radius 3 is 2.32 bits per heavy atom. The lowest BCUT2D eigenvalue weighted by Gasteiger charge is -2.08. The van der Waals surface area contributed by atoms with Crippen LogP contribution in [0.4, 0.5) is 10.1 Å². The Morgan fingerprint density at radius 2 is 1.64 bits per heavy atom. The van der Waals surface area contributed by atoms with Crippen molar-refractivity contribution < 1.29 is 28.3 Å². The van der Waals surface area contributed by atoms with E-state index in [0.717, 1.165) is 6.07 Å². The molecule has 9 heteroatoms. The molecule has 0 aromatic heterocycles. The molecule has 0 aliphatic heterocycles. The fourth-order valence-corrected chi connectivity index (χ4v) is 2.16. The molecule has 3 amide bonds. The monoisotopic (exact) mass is 387 g/mol. The van der Waals surface area contributed by atoms with Gasteiger partial charge in [-0.2, -0.15) is 0 Å². The molecule has 0 fully saturated rings. The van der Waals surface area contributed by atoms with Gasteiger partial charge in [0.2, 0.25) is 0 Å². The molecule has 0 saturated heterocycles. The van der Waals surface area contributed by atoms with E-state index < -0.39 is 36.8 Å². The summed E-state index contributed by atoms with van der Waals surface area (Å²) in [6.07, 6.45) is 0. The molecule has 2 rings (SSSR count). The smallest absolute Gasteiger partial charge is 0.325 e. The second-order valence-electron chi connectivity index (χ2n) is 5.56. The molecular weight excluding hydrogens is 369 g/mol. The van der Waals surface area contributed by atoms with Crippen LogP contribution in [0, 0.1) is 5.82 Å². The van der Waals surface area contributed by atoms with Crippen molar-refractivity contribution in [3.8, 4) is 0 Å². The van der Waals surface area contributed by atoms with Crippen molar-refractivity contribution in [2.75, 3.05) is 25.5 Å². The van der Waals surface area contributed by atoms with E-state index >= 15 is 0 Å². The van der Waals surface area contributed by atoms with Crippen molar-refractivity contribution in [3.63, 3.8) is 0 Å². The molecule has 0 bridgehead atoms. The van der Waals surface area contributed by atoms with Crippen LogP contribution in [0.3, 0.4) is 0 Å². The number of amides is 3. The summed E-state index contributed by atoms with van der Waals surface area (Å²) in [5, 5.41) is 7.22. The van der Waals surface area contributed by atoms with Gasteiger partial charge >= 0.3 is 5.97 Å². The van der Waals surface area contributed by atoms with Crippen molar-refractivity contribution in [1.82, 2.24) is 10.6 Å². The second kappa shape index (κ2) is 9.81. The van der Waals surface area contributed by atoms with Crippen LogP contribution in [0.2, 0.25) is 0 Å². The maximum Gasteiger partial charge on any atom is 0.325 e. The quantitative estimate of drug-likeness (QED) is 0.616. The largest absolute Gasteiger partial charge is 0.454 e. The average molecular weight is 387 g/mol. The molecule has 0 atom stereocenters. The third-order valence-corrected chi connectivity index (χ3v) is 3.48. The lowest BCUT2D eigenvalue weighted by atomic mass is 10.2. The number of ether oxygens (including phenoxy) is 1. The van der Waals surface area contributed by atoms with Gasteiger partial charge < -0.3 is 20.7 Å². The van der Waals surface area contributed by atoms with Crippen LogP contribution in [-0.4, -0.2) is 43.9 Å². The van der Waals surface area contributed by atoms with Gasteiger partial charge in [0.15, 0.2) is 6.61 Å². The molecule has 0 saturated carbocycles. The fourth-order valence-electron chi connectivity index (χ4n) is 2.16. The van der Waals surface area contributed by atoms with E-state index in [1.165, 1.54) is 31.3 Å². The summed E-state index contributed by atoms with van der Waals surface area (Å²) in [5.74, 6) is -2.98. The van der Waals surface area contributed by atoms with Crippen molar-refractivity contribution in [2.45, 2.75) is 0 Å². The Kier molecular flexibility index (Phi) is 7.21. The van der Waals surface area contributed by atoms with Gasteiger partial charge in [-0.25, -0.2) is 4.39 Å². The number of halogens is 1. The number of carbonyl (C=O) groups is 4. The molecule has 0 aliphatic rings. The van der Waals surface area contributed by atoms with Crippen LogP contribution >= 0.6 is 0 Å². The minimum Gasteiger partial charge on any atom is -0.454 e. The number of benzene rings is 2. The first-order chi connectivity index (χ1) is 13.4. The SMILES string of the molecule is CNC(=O)c1cccc(NC(=O)COC(=O)CNC(=O)c2cccc(F)c2)c1. The van der Waals surface area contributed by atoms with Crippen molar-refractivity contribution >= 4 is 29.4 Å². The highest BCUT2D eigenvalue weighted by Gasteiger charge is 2.12. The first kappa shape index (κ1) is 20.6. The Bertz CT molecular complexity index is 901. The Morgan fingerprint density at radius 1 is 0.964 bits per heavy atom. The average Bonchev–Trinajstić information content (AvgIpc) is 2.70. The summed E-state index contributed by atoms with van der Waals surface area (Å²) in [6, 6.07) is 11.2. The van der Waals surface area contributed by atoms with Crippen molar-refractivity contribution in [3.05, 3.63) is 65.5 Å². The van der Waals surface area contributed by atoms with Gasteiger partial charge in [0, 0.05) is 23.9 Å². The van der Waals surface area contributed by atoms with Gasteiger partial charge in [-0.05, 0) is 36.4 Å². The van der Waals surface area contributed by atoms with Gasteiger partial charge in [-0.1, -0.05) is 12.1 Å². The van der Waals surface area contributed by atoms with E-state index in [2.05, 4.69) is 16.0 Å². The molecule has 0 radical (unpaired) electrons. The minimum absolute atomic E-state index is 0.0570. The van der Waals surface area contributed by atoms with Gasteiger partial charge in [0.25, 0.3) is 17.7 Å². The van der Waals surface area contributed by atoms with Crippen LogP contribution in [0.25, 0.3) is 0 Å². The molecule has 2 aromatic carbocycles. The number of anilines is 1. The van der Waals surface area contributed by atoms with E-state index in [-0.39, 0.29) is 11.5 Å². The van der Waals surface area contributed by atoms with Gasteiger partial charge in [-0.3, -0.25) is 19.2 Å². The van der Waals surface area contributed by atoms with Crippen LogP contribution < -0.4 is 16.0 Å². The minimum atomic E-state index is -0.834. The summed E-state index contributed by atoms with van der Waals surface area (Å²) in [6.45, 7) is -1.05. The normalized spacial score (nSPS) is 9.93. The van der Waals surface area contributed by atoms with Gasteiger partial charge in [0.1, 0.15) is 12.4 Å². The predicted molar refractivity (Wildman–Crippen MR) is 98.2 cm³/mol. The zero-order chi connectivity index (χ0) is 20.5. The topological polar surface area (TPSA) is 114 Å². The van der Waals surface area contributed by atoms with Crippen molar-refractivity contribution in [1.29, 1.82) is 0 Å². The standard InChI is InChI=1S/C19H18FN3O5/c1-21-18(26)13-5-3-7-15(9-13)23-16(24)11-28-17(25)10-22-19(27)12-4-2-6-14(20)8-12/h2-9H,10-11H2,1H3,(H,21,26)(H,22,27)(H,23,24). The zero-order valence-corrected chi connectivity index (χ0v) is 15.0. The molecule has 0 heterocycles. The van der Waals surface area contributed by atoms with Gasteiger partial charge in [0.05, 0.1) is 0 Å². The van der Waals surface area contributed by atoms with E-state index in [9.17, 15) is 23.6 Å². The number of rotatable bonds is 7. The molecule has 8 nitrogen and oxygen atoms in total. The highest BCUT2D eigenvalue weighted by molar-refractivity contribution is 5.98. The highest BCUT2D eigenvalue weighted by atomic mass is 19.1. The van der Waals surface area contributed by atoms with E-state index in [4.69, 9.17) is 4.74 Å². The Hall–Kier alpha value is -3.75. The molecule has 0 unspecified atom stereocenters. The van der Waals surface area contributed by atoms with E-state index in [1.54, 1.807) is 18.2 Å². The number of hydrogen-bond donors (Lipinski definition) is 3. The first-order valence-electron chi connectivity index (χ1n) is 8.20. The molecule has 3 N–H and O–H groups in total. The van der Waals surface area contributed by atoms with Crippen LogP contribution in [0.1, 0.15) is 20.7 Å². The Balaban J connectivity index is 1.77. The summed E-state index contributed by atoms with van der Waals surface area (Å²) < 4.78 is 17.8. The summed E-state index contributed by atoms with van der Waals surface area (Å²) in [4.78, 5) is 46.8. The molecule has 0 spiro atoms. The predicted octanol–water partition coefficient (Wildman–Crippen LogP) is 1.10. The van der Waals surface area contributed by atoms with E-state index in [1.807, 2.05) is 0 Å². The third kappa shape index (κ3) is 6.20. The maximum atomic E-state index is 13.1. The highest BCUT2D eigenvalue weighted by Crippen LogP contribution is 2.10. The first-order valence-corrected chi connectivity index (χ1v) is 8.20. The van der Waals surface area contributed by atoms with Crippen LogP contribution in [0.15, 0.2) is 48.5 Å². The molecule has 2 aromatic rings.